The first-order chi connectivity index (χ1) is 18.1. The zero-order valence-electron chi connectivity index (χ0n) is 20.3. The highest BCUT2D eigenvalue weighted by Crippen LogP contribution is 2.23. The Balaban J connectivity index is 1.28. The molecule has 3 N–H and O–H groups in total. The quantitative estimate of drug-likeness (QED) is 0.287. The maximum Gasteiger partial charge on any atom is 0.293 e. The number of nitrogens with one attached hydrogen (secondary N) is 3. The normalized spacial score (nSPS) is 11.8. The summed E-state index contributed by atoms with van der Waals surface area (Å²) >= 11 is 0. The number of rotatable bonds is 9. The number of anilines is 1. The highest BCUT2D eigenvalue weighted by atomic mass is 16.2. The Labute approximate surface area is 212 Å². The van der Waals surface area contributed by atoms with Gasteiger partial charge in [0.15, 0.2) is 5.82 Å². The van der Waals surface area contributed by atoms with Crippen molar-refractivity contribution in [3.05, 3.63) is 112 Å². The van der Waals surface area contributed by atoms with Crippen LogP contribution in [0.2, 0.25) is 0 Å². The number of aromatic amines is 1. The molecular formula is C27H26N8O2. The standard InChI is InChI=1S/C27H26N8O2/c1-18-12-31-26(32-15-22(19-7-3-2-4-8-19)23-9-5-6-10-28-23)27(37)35(18)17-25(36)30-14-21-11-20-13-33-34-24(20)16-29-21/h2-13,16,22H,14-15,17H2,1H3,(H,30,36)(H,31,32)(H,33,34). The van der Waals surface area contributed by atoms with Crippen molar-refractivity contribution in [3.63, 3.8) is 0 Å². The number of aromatic nitrogens is 6. The maximum atomic E-state index is 13.2. The molecule has 0 bridgehead atoms. The van der Waals surface area contributed by atoms with E-state index < -0.39 is 0 Å². The smallest absolute Gasteiger partial charge is 0.293 e. The van der Waals surface area contributed by atoms with Gasteiger partial charge in [-0.25, -0.2) is 4.98 Å². The summed E-state index contributed by atoms with van der Waals surface area (Å²) in [5, 5.41) is 13.8. The second-order valence-electron chi connectivity index (χ2n) is 8.65. The summed E-state index contributed by atoms with van der Waals surface area (Å²) in [5.41, 5.74) is 3.71. The van der Waals surface area contributed by atoms with E-state index >= 15 is 0 Å². The van der Waals surface area contributed by atoms with Gasteiger partial charge >= 0.3 is 0 Å². The van der Waals surface area contributed by atoms with Crippen LogP contribution in [-0.4, -0.2) is 42.2 Å². The molecule has 0 spiro atoms. The van der Waals surface area contributed by atoms with E-state index in [1.165, 1.54) is 4.57 Å². The van der Waals surface area contributed by atoms with E-state index in [4.69, 9.17) is 0 Å². The number of hydrogen-bond donors (Lipinski definition) is 3. The summed E-state index contributed by atoms with van der Waals surface area (Å²) in [6.45, 7) is 2.28. The first-order valence-electron chi connectivity index (χ1n) is 11.9. The van der Waals surface area contributed by atoms with Crippen molar-refractivity contribution < 1.29 is 4.79 Å². The van der Waals surface area contributed by atoms with Crippen LogP contribution in [0.5, 0.6) is 0 Å². The summed E-state index contributed by atoms with van der Waals surface area (Å²) in [7, 11) is 0. The van der Waals surface area contributed by atoms with Gasteiger partial charge in [0.2, 0.25) is 5.91 Å². The number of nitrogens with zero attached hydrogens (tertiary/aromatic N) is 5. The van der Waals surface area contributed by atoms with Gasteiger partial charge < -0.3 is 10.6 Å². The summed E-state index contributed by atoms with van der Waals surface area (Å²) in [5.74, 6) is -0.198. The number of aryl methyl sites for hydroxylation is 1. The topological polar surface area (TPSA) is 130 Å². The third-order valence-corrected chi connectivity index (χ3v) is 6.12. The molecule has 0 fully saturated rings. The molecule has 5 rings (SSSR count). The fourth-order valence-corrected chi connectivity index (χ4v) is 4.12. The lowest BCUT2D eigenvalue weighted by Crippen LogP contribution is -2.35. The highest BCUT2D eigenvalue weighted by Gasteiger charge is 2.17. The Kier molecular flexibility index (Phi) is 6.98. The van der Waals surface area contributed by atoms with Crippen molar-refractivity contribution in [1.82, 2.24) is 35.0 Å². The molecule has 1 amide bonds. The third kappa shape index (κ3) is 5.53. The second kappa shape index (κ2) is 10.8. The van der Waals surface area contributed by atoms with Crippen molar-refractivity contribution in [2.24, 2.45) is 0 Å². The minimum atomic E-state index is -0.360. The van der Waals surface area contributed by atoms with Gasteiger partial charge in [-0.05, 0) is 30.7 Å². The minimum Gasteiger partial charge on any atom is -0.364 e. The first kappa shape index (κ1) is 23.9. The van der Waals surface area contributed by atoms with E-state index in [-0.39, 0.29) is 36.3 Å². The number of amides is 1. The summed E-state index contributed by atoms with van der Waals surface area (Å²) in [4.78, 5) is 39.0. The molecule has 10 heteroatoms. The third-order valence-electron chi connectivity index (χ3n) is 6.12. The van der Waals surface area contributed by atoms with Gasteiger partial charge in [-0.1, -0.05) is 36.4 Å². The Hall–Kier alpha value is -4.86. The molecule has 0 saturated heterocycles. The Morgan fingerprint density at radius 3 is 2.68 bits per heavy atom. The number of benzene rings is 1. The van der Waals surface area contributed by atoms with Gasteiger partial charge in [0, 0.05) is 41.6 Å². The molecule has 37 heavy (non-hydrogen) atoms. The van der Waals surface area contributed by atoms with E-state index in [2.05, 4.69) is 35.8 Å². The summed E-state index contributed by atoms with van der Waals surface area (Å²) in [6, 6.07) is 17.6. The number of pyridine rings is 2. The van der Waals surface area contributed by atoms with Gasteiger partial charge in [-0.15, -0.1) is 0 Å². The van der Waals surface area contributed by atoms with Crippen LogP contribution in [0.25, 0.3) is 10.9 Å². The zero-order chi connectivity index (χ0) is 25.6. The van der Waals surface area contributed by atoms with Gasteiger partial charge in [0.05, 0.1) is 30.1 Å². The molecule has 5 aromatic rings. The van der Waals surface area contributed by atoms with Gasteiger partial charge in [0.25, 0.3) is 5.56 Å². The first-order valence-corrected chi connectivity index (χ1v) is 11.9. The van der Waals surface area contributed by atoms with Crippen molar-refractivity contribution in [1.29, 1.82) is 0 Å². The van der Waals surface area contributed by atoms with Crippen LogP contribution in [0, 0.1) is 6.92 Å². The van der Waals surface area contributed by atoms with Crippen LogP contribution in [0.1, 0.15) is 28.6 Å². The maximum absolute atomic E-state index is 13.2. The van der Waals surface area contributed by atoms with Gasteiger partial charge in [0.1, 0.15) is 6.54 Å². The Bertz CT molecular complexity index is 1520. The molecular weight excluding hydrogens is 468 g/mol. The van der Waals surface area contributed by atoms with Crippen molar-refractivity contribution in [2.75, 3.05) is 11.9 Å². The summed E-state index contributed by atoms with van der Waals surface area (Å²) < 4.78 is 1.41. The van der Waals surface area contributed by atoms with Gasteiger partial charge in [-0.3, -0.25) is 29.2 Å². The predicted octanol–water partition coefficient (Wildman–Crippen LogP) is 2.78. The molecule has 0 radical (unpaired) electrons. The molecule has 186 valence electrons. The molecule has 10 nitrogen and oxygen atoms in total. The van der Waals surface area contributed by atoms with Crippen LogP contribution in [-0.2, 0) is 17.9 Å². The average molecular weight is 495 g/mol. The van der Waals surface area contributed by atoms with Crippen LogP contribution < -0.4 is 16.2 Å². The van der Waals surface area contributed by atoms with Crippen molar-refractivity contribution >= 4 is 22.6 Å². The van der Waals surface area contributed by atoms with E-state index in [0.717, 1.165) is 22.2 Å². The lowest BCUT2D eigenvalue weighted by Gasteiger charge is -2.18. The van der Waals surface area contributed by atoms with Crippen molar-refractivity contribution in [3.8, 4) is 0 Å². The predicted molar refractivity (Wildman–Crippen MR) is 140 cm³/mol. The number of fused-ring (bicyclic) bond motifs is 1. The molecule has 4 heterocycles. The molecule has 0 saturated carbocycles. The SMILES string of the molecule is Cc1cnc(NCC(c2ccccc2)c2ccccn2)c(=O)n1CC(=O)NCc1cc2cn[nH]c2cn1. The molecule has 1 atom stereocenters. The summed E-state index contributed by atoms with van der Waals surface area (Å²) in [6.07, 6.45) is 6.72. The van der Waals surface area contributed by atoms with E-state index in [1.54, 1.807) is 31.7 Å². The molecule has 0 aliphatic heterocycles. The van der Waals surface area contributed by atoms with E-state index in [9.17, 15) is 9.59 Å². The fraction of sp³-hybridized carbons (Fsp3) is 0.185. The molecule has 1 unspecified atom stereocenters. The lowest BCUT2D eigenvalue weighted by atomic mass is 9.95. The zero-order valence-corrected chi connectivity index (χ0v) is 20.3. The number of H-pyrrole nitrogens is 1. The van der Waals surface area contributed by atoms with E-state index in [1.807, 2.05) is 54.6 Å². The highest BCUT2D eigenvalue weighted by molar-refractivity contribution is 5.78. The lowest BCUT2D eigenvalue weighted by molar-refractivity contribution is -0.121. The monoisotopic (exact) mass is 494 g/mol. The van der Waals surface area contributed by atoms with Crippen LogP contribution in [0.3, 0.4) is 0 Å². The van der Waals surface area contributed by atoms with Crippen molar-refractivity contribution in [2.45, 2.75) is 25.9 Å². The minimum absolute atomic E-state index is 0.0817. The Morgan fingerprint density at radius 2 is 1.86 bits per heavy atom. The number of hydrogen-bond acceptors (Lipinski definition) is 7. The molecule has 4 aromatic heterocycles. The largest absolute Gasteiger partial charge is 0.364 e. The molecule has 1 aromatic carbocycles. The van der Waals surface area contributed by atoms with Crippen LogP contribution in [0.15, 0.2) is 84.2 Å². The molecule has 0 aliphatic rings. The number of carbonyl (C=O) groups excluding carboxylic acids is 1. The van der Waals surface area contributed by atoms with Gasteiger partial charge in [-0.2, -0.15) is 5.10 Å². The van der Waals surface area contributed by atoms with Crippen LogP contribution >= 0.6 is 0 Å². The second-order valence-corrected chi connectivity index (χ2v) is 8.65. The Morgan fingerprint density at radius 1 is 1.03 bits per heavy atom. The number of carbonyl (C=O) groups is 1. The molecule has 0 aliphatic carbocycles. The fourth-order valence-electron chi connectivity index (χ4n) is 4.12. The van der Waals surface area contributed by atoms with Crippen LogP contribution in [0.4, 0.5) is 5.82 Å². The average Bonchev–Trinajstić information content (AvgIpc) is 3.40. The van der Waals surface area contributed by atoms with E-state index in [0.29, 0.717) is 17.9 Å².